The Morgan fingerprint density at radius 1 is 1.71 bits per heavy atom. The van der Waals surface area contributed by atoms with Crippen LogP contribution in [0.5, 0.6) is 0 Å². The van der Waals surface area contributed by atoms with E-state index < -0.39 is 0 Å². The molecule has 0 aliphatic heterocycles. The van der Waals surface area contributed by atoms with Crippen molar-refractivity contribution in [3.8, 4) is 0 Å². The molecule has 1 heteroatoms. The number of hydrogen-bond acceptors (Lipinski definition) is 1. The van der Waals surface area contributed by atoms with Gasteiger partial charge in [-0.1, -0.05) is 26.0 Å². The lowest BCUT2D eigenvalue weighted by atomic mass is 9.48. The Morgan fingerprint density at radius 3 is 2.93 bits per heavy atom. The lowest BCUT2D eigenvalue weighted by Gasteiger charge is -2.57. The molecular weight excluding hydrogens is 172 g/mol. The largest absolute Gasteiger partial charge is 0.388 e. The quantitative estimate of drug-likeness (QED) is 0.682. The molecule has 1 N–H and O–H groups in total. The summed E-state index contributed by atoms with van der Waals surface area (Å²) in [7, 11) is 0. The summed E-state index contributed by atoms with van der Waals surface area (Å²) in [5.74, 6) is 1.48. The minimum atomic E-state index is -0.280. The van der Waals surface area contributed by atoms with Gasteiger partial charge in [0.15, 0.2) is 0 Å². The van der Waals surface area contributed by atoms with E-state index in [1.54, 1.807) is 0 Å². The van der Waals surface area contributed by atoms with Gasteiger partial charge in [-0.3, -0.25) is 0 Å². The Kier molecular flexibility index (Phi) is 2.30. The van der Waals surface area contributed by atoms with Crippen LogP contribution in [0, 0.1) is 17.3 Å². The zero-order valence-electron chi connectivity index (χ0n) is 9.16. The third kappa shape index (κ3) is 1.26. The van der Waals surface area contributed by atoms with Crippen molar-refractivity contribution >= 4 is 0 Å². The third-order valence-corrected chi connectivity index (χ3v) is 4.29. The number of fused-ring (bicyclic) bond motifs is 1. The van der Waals surface area contributed by atoms with Gasteiger partial charge < -0.3 is 5.11 Å². The van der Waals surface area contributed by atoms with Crippen LogP contribution < -0.4 is 0 Å². The molecule has 3 atom stereocenters. The zero-order valence-corrected chi connectivity index (χ0v) is 9.16. The molecule has 0 spiro atoms. The van der Waals surface area contributed by atoms with Gasteiger partial charge in [0.2, 0.25) is 0 Å². The molecule has 0 heterocycles. The van der Waals surface area contributed by atoms with E-state index in [0.717, 1.165) is 12.3 Å². The fourth-order valence-electron chi connectivity index (χ4n) is 3.06. The van der Waals surface area contributed by atoms with Gasteiger partial charge in [0.25, 0.3) is 0 Å². The van der Waals surface area contributed by atoms with Crippen molar-refractivity contribution in [1.29, 1.82) is 0 Å². The number of aliphatic hydroxyl groups is 1. The molecular formula is C13H20O. The molecule has 3 rings (SSSR count). The molecule has 3 aliphatic rings. The molecule has 0 aromatic rings. The number of allylic oxidation sites excluding steroid dienone is 1. The first-order valence-corrected chi connectivity index (χ1v) is 5.56. The van der Waals surface area contributed by atoms with E-state index in [1.807, 2.05) is 6.08 Å². The van der Waals surface area contributed by atoms with E-state index in [0.29, 0.717) is 17.8 Å². The summed E-state index contributed by atoms with van der Waals surface area (Å²) >= 11 is 0. The molecule has 1 nitrogen and oxygen atoms in total. The van der Waals surface area contributed by atoms with Crippen molar-refractivity contribution in [1.82, 2.24) is 0 Å². The molecule has 1 saturated carbocycles. The molecule has 0 radical (unpaired) electrons. The Balaban J connectivity index is 2.14. The molecule has 0 aromatic heterocycles. The highest BCUT2D eigenvalue weighted by atomic mass is 16.3. The number of rotatable bonds is 3. The Morgan fingerprint density at radius 2 is 2.43 bits per heavy atom. The van der Waals surface area contributed by atoms with Crippen LogP contribution in [-0.4, -0.2) is 11.2 Å². The van der Waals surface area contributed by atoms with Gasteiger partial charge in [-0.05, 0) is 42.1 Å². The van der Waals surface area contributed by atoms with E-state index in [-0.39, 0.29) is 6.10 Å². The maximum Gasteiger partial charge on any atom is 0.0787 e. The molecule has 78 valence electrons. The summed E-state index contributed by atoms with van der Waals surface area (Å²) in [6.45, 7) is 8.35. The fourth-order valence-corrected chi connectivity index (χ4v) is 3.06. The van der Waals surface area contributed by atoms with Gasteiger partial charge in [-0.15, -0.1) is 6.58 Å². The molecule has 2 bridgehead atoms. The van der Waals surface area contributed by atoms with Crippen molar-refractivity contribution in [3.05, 3.63) is 24.3 Å². The second-order valence-corrected chi connectivity index (χ2v) is 5.29. The summed E-state index contributed by atoms with van der Waals surface area (Å²) in [4.78, 5) is 0. The van der Waals surface area contributed by atoms with Gasteiger partial charge >= 0.3 is 0 Å². The first-order chi connectivity index (χ1) is 6.57. The molecule has 0 saturated heterocycles. The maximum atomic E-state index is 9.96. The van der Waals surface area contributed by atoms with Gasteiger partial charge in [-0.2, -0.15) is 0 Å². The minimum absolute atomic E-state index is 0.280. The highest BCUT2D eigenvalue weighted by molar-refractivity contribution is 5.26. The topological polar surface area (TPSA) is 20.2 Å². The maximum absolute atomic E-state index is 9.96. The summed E-state index contributed by atoms with van der Waals surface area (Å²) in [6, 6.07) is 0. The van der Waals surface area contributed by atoms with E-state index in [4.69, 9.17) is 0 Å². The highest BCUT2D eigenvalue weighted by Gasteiger charge is 2.51. The third-order valence-electron chi connectivity index (χ3n) is 4.29. The van der Waals surface area contributed by atoms with Crippen LogP contribution >= 0.6 is 0 Å². The lowest BCUT2D eigenvalue weighted by Crippen LogP contribution is -2.49. The Labute approximate surface area is 86.5 Å². The number of hydrogen-bond donors (Lipinski definition) is 1. The predicted molar refractivity (Wildman–Crippen MR) is 58.9 cm³/mol. The Bertz CT molecular complexity index is 275. The Hall–Kier alpha value is -0.560. The average Bonchev–Trinajstić information content (AvgIpc) is 2.18. The zero-order chi connectivity index (χ0) is 10.3. The highest BCUT2D eigenvalue weighted by Crippen LogP contribution is 2.59. The number of aliphatic hydroxyl groups excluding tert-OH is 1. The van der Waals surface area contributed by atoms with Crippen LogP contribution in [-0.2, 0) is 0 Å². The van der Waals surface area contributed by atoms with E-state index in [9.17, 15) is 5.11 Å². The molecule has 0 amide bonds. The SMILES string of the molecule is C=CCC(O)C1=CCC2CC1C2(C)C. The monoisotopic (exact) mass is 192 g/mol. The molecule has 0 aromatic carbocycles. The van der Waals surface area contributed by atoms with Crippen LogP contribution in [0.4, 0.5) is 0 Å². The summed E-state index contributed by atoms with van der Waals surface area (Å²) < 4.78 is 0. The van der Waals surface area contributed by atoms with Gasteiger partial charge in [0, 0.05) is 0 Å². The van der Waals surface area contributed by atoms with Crippen LogP contribution in [0.1, 0.15) is 33.1 Å². The van der Waals surface area contributed by atoms with Crippen LogP contribution in [0.25, 0.3) is 0 Å². The first kappa shape index (κ1) is 9.97. The van der Waals surface area contributed by atoms with E-state index in [1.165, 1.54) is 12.0 Å². The van der Waals surface area contributed by atoms with Crippen molar-refractivity contribution in [2.24, 2.45) is 17.3 Å². The summed E-state index contributed by atoms with van der Waals surface area (Å²) in [5, 5.41) is 9.96. The van der Waals surface area contributed by atoms with Crippen LogP contribution in [0.2, 0.25) is 0 Å². The normalized spacial score (nSPS) is 35.5. The average molecular weight is 192 g/mol. The molecule has 3 unspecified atom stereocenters. The second kappa shape index (κ2) is 3.23. The van der Waals surface area contributed by atoms with Crippen molar-refractivity contribution < 1.29 is 5.11 Å². The molecule has 14 heavy (non-hydrogen) atoms. The summed E-state index contributed by atoms with van der Waals surface area (Å²) in [5.41, 5.74) is 1.70. The van der Waals surface area contributed by atoms with Gasteiger partial charge in [0.1, 0.15) is 0 Å². The smallest absolute Gasteiger partial charge is 0.0787 e. The fraction of sp³-hybridized carbons (Fsp3) is 0.692. The molecule has 1 fully saturated rings. The van der Waals surface area contributed by atoms with E-state index >= 15 is 0 Å². The van der Waals surface area contributed by atoms with Crippen LogP contribution in [0.3, 0.4) is 0 Å². The van der Waals surface area contributed by atoms with Crippen LogP contribution in [0.15, 0.2) is 24.3 Å². The van der Waals surface area contributed by atoms with Crippen molar-refractivity contribution in [3.63, 3.8) is 0 Å². The first-order valence-electron chi connectivity index (χ1n) is 5.56. The second-order valence-electron chi connectivity index (χ2n) is 5.29. The standard InChI is InChI=1S/C13H20O/c1-4-5-12(14)10-7-6-9-8-11(10)13(9,2)3/h4,7,9,11-12,14H,1,5-6,8H2,2-3H3. The van der Waals surface area contributed by atoms with Gasteiger partial charge in [0.05, 0.1) is 6.10 Å². The molecule has 3 aliphatic carbocycles. The lowest BCUT2D eigenvalue weighted by molar-refractivity contribution is -0.0212. The minimum Gasteiger partial charge on any atom is -0.388 e. The van der Waals surface area contributed by atoms with Crippen molar-refractivity contribution in [2.45, 2.75) is 39.2 Å². The van der Waals surface area contributed by atoms with Gasteiger partial charge in [-0.25, -0.2) is 0 Å². The van der Waals surface area contributed by atoms with E-state index in [2.05, 4.69) is 26.5 Å². The van der Waals surface area contributed by atoms with Crippen molar-refractivity contribution in [2.75, 3.05) is 0 Å². The predicted octanol–water partition coefficient (Wildman–Crippen LogP) is 2.92. The summed E-state index contributed by atoms with van der Waals surface area (Å²) in [6.07, 6.45) is 6.93.